The number of methoxy groups -OCH3 is 1. The third-order valence-electron chi connectivity index (χ3n) is 3.23. The zero-order chi connectivity index (χ0) is 13.3. The first-order valence-corrected chi connectivity index (χ1v) is 7.61. The maximum absolute atomic E-state index is 12.6. The zero-order valence-corrected chi connectivity index (χ0v) is 11.8. The van der Waals surface area contributed by atoms with Gasteiger partial charge in [0.1, 0.15) is 5.75 Å². The molecule has 1 aliphatic carbocycles. The van der Waals surface area contributed by atoms with Crippen LogP contribution in [0.15, 0.2) is 23.1 Å². The van der Waals surface area contributed by atoms with Gasteiger partial charge in [-0.3, -0.25) is 0 Å². The van der Waals surface area contributed by atoms with Crippen LogP contribution in [0.4, 0.5) is 0 Å². The van der Waals surface area contributed by atoms with Crippen LogP contribution >= 0.6 is 0 Å². The second kappa shape index (κ2) is 4.90. The van der Waals surface area contributed by atoms with E-state index in [-0.39, 0.29) is 6.04 Å². The molecule has 0 N–H and O–H groups in total. The highest BCUT2D eigenvalue weighted by Gasteiger charge is 2.37. The number of nitrogens with zero attached hydrogens (tertiary/aromatic N) is 1. The Morgan fingerprint density at radius 2 is 2.06 bits per heavy atom. The Morgan fingerprint density at radius 3 is 2.50 bits per heavy atom. The van der Waals surface area contributed by atoms with Gasteiger partial charge in [-0.05, 0) is 43.5 Å². The van der Waals surface area contributed by atoms with Crippen molar-refractivity contribution in [3.63, 3.8) is 0 Å². The van der Waals surface area contributed by atoms with Gasteiger partial charge >= 0.3 is 0 Å². The van der Waals surface area contributed by atoms with Gasteiger partial charge in [-0.15, -0.1) is 0 Å². The zero-order valence-electron chi connectivity index (χ0n) is 11.0. The monoisotopic (exact) mass is 269 g/mol. The van der Waals surface area contributed by atoms with E-state index in [0.717, 1.165) is 18.4 Å². The molecule has 1 aliphatic rings. The van der Waals surface area contributed by atoms with E-state index >= 15 is 0 Å². The fraction of sp³-hybridized carbons (Fsp3) is 0.538. The number of hydrogen-bond donors (Lipinski definition) is 0. The molecule has 18 heavy (non-hydrogen) atoms. The molecule has 0 aliphatic heterocycles. The quantitative estimate of drug-likeness (QED) is 0.823. The van der Waals surface area contributed by atoms with Crippen molar-refractivity contribution in [1.82, 2.24) is 4.31 Å². The highest BCUT2D eigenvalue weighted by Crippen LogP contribution is 2.33. The normalized spacial score (nSPS) is 16.0. The molecule has 0 saturated heterocycles. The Balaban J connectivity index is 2.40. The van der Waals surface area contributed by atoms with Gasteiger partial charge < -0.3 is 4.74 Å². The Labute approximate surface area is 109 Å². The molecule has 100 valence electrons. The van der Waals surface area contributed by atoms with E-state index in [1.807, 2.05) is 6.92 Å². The van der Waals surface area contributed by atoms with Crippen molar-refractivity contribution in [2.45, 2.75) is 37.6 Å². The van der Waals surface area contributed by atoms with Crippen LogP contribution in [-0.2, 0) is 10.0 Å². The van der Waals surface area contributed by atoms with Crippen LogP contribution in [0.25, 0.3) is 0 Å². The Bertz CT molecular complexity index is 535. The molecule has 0 unspecified atom stereocenters. The van der Waals surface area contributed by atoms with Gasteiger partial charge in [0.05, 0.1) is 12.0 Å². The predicted octanol–water partition coefficient (Wildman–Crippen LogP) is 2.18. The van der Waals surface area contributed by atoms with Crippen molar-refractivity contribution in [3.05, 3.63) is 23.8 Å². The number of rotatable bonds is 5. The SMILES string of the molecule is CCN(C1CC1)S(=O)(=O)c1ccc(OC)cc1C. The summed E-state index contributed by atoms with van der Waals surface area (Å²) >= 11 is 0. The molecule has 0 atom stereocenters. The van der Waals surface area contributed by atoms with Crippen LogP contribution in [0.2, 0.25) is 0 Å². The molecule has 0 bridgehead atoms. The number of sulfonamides is 1. The minimum absolute atomic E-state index is 0.196. The van der Waals surface area contributed by atoms with E-state index in [2.05, 4.69) is 0 Å². The molecule has 4 nitrogen and oxygen atoms in total. The first kappa shape index (κ1) is 13.4. The molecule has 1 aromatic carbocycles. The first-order chi connectivity index (χ1) is 8.50. The van der Waals surface area contributed by atoms with Gasteiger partial charge in [-0.25, -0.2) is 8.42 Å². The second-order valence-corrected chi connectivity index (χ2v) is 6.43. The van der Waals surface area contributed by atoms with E-state index in [9.17, 15) is 8.42 Å². The lowest BCUT2D eigenvalue weighted by Crippen LogP contribution is -2.33. The van der Waals surface area contributed by atoms with E-state index in [0.29, 0.717) is 17.2 Å². The largest absolute Gasteiger partial charge is 0.497 e. The molecular weight excluding hydrogens is 250 g/mol. The summed E-state index contributed by atoms with van der Waals surface area (Å²) in [5.74, 6) is 0.681. The fourth-order valence-corrected chi connectivity index (χ4v) is 4.05. The molecule has 0 heterocycles. The van der Waals surface area contributed by atoms with Gasteiger partial charge in [0.2, 0.25) is 10.0 Å². The van der Waals surface area contributed by atoms with E-state index in [4.69, 9.17) is 4.74 Å². The van der Waals surface area contributed by atoms with Crippen LogP contribution in [0.5, 0.6) is 5.75 Å². The van der Waals surface area contributed by atoms with Crippen molar-refractivity contribution < 1.29 is 13.2 Å². The number of hydrogen-bond acceptors (Lipinski definition) is 3. The Morgan fingerprint density at radius 1 is 1.39 bits per heavy atom. The molecule has 1 aromatic rings. The summed E-state index contributed by atoms with van der Waals surface area (Å²) < 4.78 is 31.8. The second-order valence-electron chi connectivity index (χ2n) is 4.57. The minimum Gasteiger partial charge on any atom is -0.497 e. The fourth-order valence-electron chi connectivity index (χ4n) is 2.15. The molecule has 1 fully saturated rings. The number of ether oxygens (including phenoxy) is 1. The standard InChI is InChI=1S/C13H19NO3S/c1-4-14(11-5-6-11)18(15,16)13-8-7-12(17-3)9-10(13)2/h7-9,11H,4-6H2,1-3H3. The topological polar surface area (TPSA) is 46.6 Å². The molecule has 2 rings (SSSR count). The highest BCUT2D eigenvalue weighted by atomic mass is 32.2. The number of aryl methyl sites for hydroxylation is 1. The Kier molecular flexibility index (Phi) is 3.64. The summed E-state index contributed by atoms with van der Waals surface area (Å²) in [6.07, 6.45) is 1.95. The van der Waals surface area contributed by atoms with Crippen LogP contribution in [0, 0.1) is 6.92 Å². The van der Waals surface area contributed by atoms with Crippen molar-refractivity contribution >= 4 is 10.0 Å². The maximum Gasteiger partial charge on any atom is 0.243 e. The van der Waals surface area contributed by atoms with Crippen molar-refractivity contribution in [2.75, 3.05) is 13.7 Å². The third kappa shape index (κ3) is 2.37. The lowest BCUT2D eigenvalue weighted by molar-refractivity contribution is 0.412. The molecule has 0 aromatic heterocycles. The summed E-state index contributed by atoms with van der Waals surface area (Å²) in [5, 5.41) is 0. The third-order valence-corrected chi connectivity index (χ3v) is 5.42. The van der Waals surface area contributed by atoms with Gasteiger partial charge in [-0.1, -0.05) is 6.92 Å². The molecule has 5 heteroatoms. The van der Waals surface area contributed by atoms with Crippen LogP contribution in [0.3, 0.4) is 0 Å². The van der Waals surface area contributed by atoms with Crippen LogP contribution in [0.1, 0.15) is 25.3 Å². The predicted molar refractivity (Wildman–Crippen MR) is 70.3 cm³/mol. The lowest BCUT2D eigenvalue weighted by Gasteiger charge is -2.21. The van der Waals surface area contributed by atoms with Gasteiger partial charge in [0.25, 0.3) is 0 Å². The van der Waals surface area contributed by atoms with Crippen LogP contribution in [-0.4, -0.2) is 32.4 Å². The summed E-state index contributed by atoms with van der Waals surface area (Å²) in [7, 11) is -1.79. The minimum atomic E-state index is -3.37. The molecule has 0 radical (unpaired) electrons. The molecular formula is C13H19NO3S. The smallest absolute Gasteiger partial charge is 0.243 e. The van der Waals surface area contributed by atoms with Gasteiger partial charge in [-0.2, -0.15) is 4.31 Å². The molecule has 0 spiro atoms. The molecule has 0 amide bonds. The van der Waals surface area contributed by atoms with E-state index in [1.165, 1.54) is 0 Å². The summed E-state index contributed by atoms with van der Waals surface area (Å²) in [4.78, 5) is 0.386. The highest BCUT2D eigenvalue weighted by molar-refractivity contribution is 7.89. The van der Waals surface area contributed by atoms with E-state index in [1.54, 1.807) is 36.5 Å². The van der Waals surface area contributed by atoms with Crippen molar-refractivity contribution in [2.24, 2.45) is 0 Å². The Hall–Kier alpha value is -1.07. The maximum atomic E-state index is 12.6. The van der Waals surface area contributed by atoms with Crippen molar-refractivity contribution in [1.29, 1.82) is 0 Å². The van der Waals surface area contributed by atoms with Crippen molar-refractivity contribution in [3.8, 4) is 5.75 Å². The van der Waals surface area contributed by atoms with Crippen LogP contribution < -0.4 is 4.74 Å². The number of benzene rings is 1. The summed E-state index contributed by atoms with van der Waals surface area (Å²) in [5.41, 5.74) is 0.730. The van der Waals surface area contributed by atoms with E-state index < -0.39 is 10.0 Å². The van der Waals surface area contributed by atoms with Gasteiger partial charge in [0, 0.05) is 12.6 Å². The molecule has 1 saturated carbocycles. The van der Waals surface area contributed by atoms with Gasteiger partial charge in [0.15, 0.2) is 0 Å². The summed E-state index contributed by atoms with van der Waals surface area (Å²) in [6, 6.07) is 5.28. The average molecular weight is 269 g/mol. The summed E-state index contributed by atoms with van der Waals surface area (Å²) in [6.45, 7) is 4.21. The first-order valence-electron chi connectivity index (χ1n) is 6.17. The average Bonchev–Trinajstić information content (AvgIpc) is 3.13. The lowest BCUT2D eigenvalue weighted by atomic mass is 10.2.